The molecule has 6 heteroatoms. The Morgan fingerprint density at radius 2 is 2.33 bits per heavy atom. The summed E-state index contributed by atoms with van der Waals surface area (Å²) in [5, 5.41) is 9.86. The predicted octanol–water partition coefficient (Wildman–Crippen LogP) is 2.46. The van der Waals surface area contributed by atoms with Crippen LogP contribution in [0.1, 0.15) is 22.8 Å². The summed E-state index contributed by atoms with van der Waals surface area (Å²) in [6.45, 7) is 1.98. The molecule has 0 aliphatic carbocycles. The molecule has 2 aromatic rings. The van der Waals surface area contributed by atoms with Crippen molar-refractivity contribution in [2.45, 2.75) is 13.3 Å². The molecule has 0 radical (unpaired) electrons. The van der Waals surface area contributed by atoms with Crippen LogP contribution < -0.4 is 11.1 Å². The smallest absolute Gasteiger partial charge is 0.258 e. The maximum absolute atomic E-state index is 12.0. The van der Waals surface area contributed by atoms with E-state index in [-0.39, 0.29) is 5.91 Å². The van der Waals surface area contributed by atoms with Gasteiger partial charge >= 0.3 is 0 Å². The summed E-state index contributed by atoms with van der Waals surface area (Å²) in [5.41, 5.74) is 7.42. The number of anilines is 2. The molecule has 1 amide bonds. The van der Waals surface area contributed by atoms with E-state index in [9.17, 15) is 4.79 Å². The normalized spacial score (nSPS) is 10.3. The summed E-state index contributed by atoms with van der Waals surface area (Å²) < 4.78 is 0. The number of H-pyrrole nitrogens is 1. The van der Waals surface area contributed by atoms with Crippen molar-refractivity contribution >= 4 is 29.0 Å². The molecule has 0 unspecified atom stereocenters. The summed E-state index contributed by atoms with van der Waals surface area (Å²) in [6.07, 6.45) is 2.46. The number of halogens is 1. The second-order valence-corrected chi connectivity index (χ2v) is 4.25. The lowest BCUT2D eigenvalue weighted by atomic mass is 10.1. The minimum Gasteiger partial charge on any atom is -0.398 e. The van der Waals surface area contributed by atoms with Crippen molar-refractivity contribution < 1.29 is 4.79 Å². The molecule has 4 N–H and O–H groups in total. The lowest BCUT2D eigenvalue weighted by Crippen LogP contribution is -2.15. The van der Waals surface area contributed by atoms with E-state index in [0.717, 1.165) is 12.0 Å². The minimum atomic E-state index is -0.289. The van der Waals surface area contributed by atoms with E-state index in [0.29, 0.717) is 22.1 Å². The Labute approximate surface area is 109 Å². The van der Waals surface area contributed by atoms with Gasteiger partial charge in [0.25, 0.3) is 5.91 Å². The van der Waals surface area contributed by atoms with Crippen molar-refractivity contribution in [1.29, 1.82) is 0 Å². The number of hydrogen-bond acceptors (Lipinski definition) is 3. The van der Waals surface area contributed by atoms with Crippen molar-refractivity contribution in [1.82, 2.24) is 10.2 Å². The first kappa shape index (κ1) is 12.4. The molecule has 18 heavy (non-hydrogen) atoms. The lowest BCUT2D eigenvalue weighted by Gasteiger charge is -2.07. The van der Waals surface area contributed by atoms with Gasteiger partial charge in [-0.2, -0.15) is 5.10 Å². The van der Waals surface area contributed by atoms with Gasteiger partial charge in [0, 0.05) is 16.3 Å². The van der Waals surface area contributed by atoms with E-state index < -0.39 is 0 Å². The van der Waals surface area contributed by atoms with Gasteiger partial charge in [-0.3, -0.25) is 9.89 Å². The molecule has 0 saturated carbocycles. The third kappa shape index (κ3) is 2.46. The summed E-state index contributed by atoms with van der Waals surface area (Å²) in [4.78, 5) is 12.0. The van der Waals surface area contributed by atoms with Gasteiger partial charge in [-0.25, -0.2) is 0 Å². The number of benzene rings is 1. The number of nitrogens with one attached hydrogen (secondary N) is 2. The number of amides is 1. The zero-order chi connectivity index (χ0) is 13.1. The standard InChI is InChI=1S/C12H13ClN4O/c1-2-7-6-15-17-11(7)16-12(18)9-4-3-8(13)5-10(9)14/h3-6H,2,14H2,1H3,(H2,15,16,17,18). The largest absolute Gasteiger partial charge is 0.398 e. The highest BCUT2D eigenvalue weighted by molar-refractivity contribution is 6.31. The molecule has 0 atom stereocenters. The Hall–Kier alpha value is -2.01. The average Bonchev–Trinajstić information content (AvgIpc) is 2.76. The lowest BCUT2D eigenvalue weighted by molar-refractivity contribution is 0.102. The van der Waals surface area contributed by atoms with Gasteiger partial charge in [0.15, 0.2) is 0 Å². The highest BCUT2D eigenvalue weighted by Gasteiger charge is 2.12. The number of aryl methyl sites for hydroxylation is 1. The van der Waals surface area contributed by atoms with Crippen LogP contribution in [0.2, 0.25) is 5.02 Å². The molecule has 1 aromatic heterocycles. The Bertz CT molecular complexity index is 579. The molecule has 5 nitrogen and oxygen atoms in total. The van der Waals surface area contributed by atoms with Crippen LogP contribution in [-0.2, 0) is 6.42 Å². The molecule has 0 spiro atoms. The average molecular weight is 265 g/mol. The maximum atomic E-state index is 12.0. The summed E-state index contributed by atoms with van der Waals surface area (Å²) in [7, 11) is 0. The number of aromatic nitrogens is 2. The molecule has 0 saturated heterocycles. The van der Waals surface area contributed by atoms with Gasteiger partial charge in [0.2, 0.25) is 0 Å². The Morgan fingerprint density at radius 3 is 3.00 bits per heavy atom. The van der Waals surface area contributed by atoms with Gasteiger partial charge in [-0.1, -0.05) is 18.5 Å². The molecule has 0 bridgehead atoms. The van der Waals surface area contributed by atoms with E-state index >= 15 is 0 Å². The Kier molecular flexibility index (Phi) is 3.53. The quantitative estimate of drug-likeness (QED) is 0.745. The zero-order valence-corrected chi connectivity index (χ0v) is 10.6. The van der Waals surface area contributed by atoms with E-state index in [1.54, 1.807) is 24.4 Å². The second kappa shape index (κ2) is 5.10. The van der Waals surface area contributed by atoms with Crippen LogP contribution in [0.5, 0.6) is 0 Å². The van der Waals surface area contributed by atoms with Crippen molar-refractivity contribution in [2.24, 2.45) is 0 Å². The van der Waals surface area contributed by atoms with Crippen LogP contribution >= 0.6 is 11.6 Å². The van der Waals surface area contributed by atoms with Crippen molar-refractivity contribution in [3.05, 3.63) is 40.5 Å². The highest BCUT2D eigenvalue weighted by Crippen LogP contribution is 2.20. The van der Waals surface area contributed by atoms with Gasteiger partial charge < -0.3 is 11.1 Å². The summed E-state index contributed by atoms with van der Waals surface area (Å²) in [5.74, 6) is 0.306. The number of carbonyl (C=O) groups is 1. The van der Waals surface area contributed by atoms with E-state index in [2.05, 4.69) is 15.5 Å². The first-order valence-corrected chi connectivity index (χ1v) is 5.88. The predicted molar refractivity (Wildman–Crippen MR) is 71.8 cm³/mol. The fourth-order valence-electron chi connectivity index (χ4n) is 1.61. The summed E-state index contributed by atoms with van der Waals surface area (Å²) >= 11 is 5.78. The van der Waals surface area contributed by atoms with Crippen LogP contribution in [0.15, 0.2) is 24.4 Å². The molecule has 0 aliphatic heterocycles. The van der Waals surface area contributed by atoms with Crippen molar-refractivity contribution in [3.63, 3.8) is 0 Å². The number of nitrogens with two attached hydrogens (primary N) is 1. The first-order chi connectivity index (χ1) is 8.61. The van der Waals surface area contributed by atoms with E-state index in [1.807, 2.05) is 6.92 Å². The molecular weight excluding hydrogens is 252 g/mol. The summed E-state index contributed by atoms with van der Waals surface area (Å²) in [6, 6.07) is 4.76. The molecule has 1 heterocycles. The third-order valence-electron chi connectivity index (χ3n) is 2.60. The van der Waals surface area contributed by atoms with Crippen LogP contribution in [0.25, 0.3) is 0 Å². The number of nitrogen functional groups attached to an aromatic ring is 1. The number of nitrogens with zero attached hydrogens (tertiary/aromatic N) is 1. The number of aromatic amines is 1. The monoisotopic (exact) mass is 264 g/mol. The number of hydrogen-bond donors (Lipinski definition) is 3. The van der Waals surface area contributed by atoms with Crippen LogP contribution in [0.4, 0.5) is 11.5 Å². The van der Waals surface area contributed by atoms with Crippen molar-refractivity contribution in [2.75, 3.05) is 11.1 Å². The van der Waals surface area contributed by atoms with Gasteiger partial charge in [-0.15, -0.1) is 0 Å². The third-order valence-corrected chi connectivity index (χ3v) is 2.83. The minimum absolute atomic E-state index is 0.289. The fourth-order valence-corrected chi connectivity index (χ4v) is 1.79. The van der Waals surface area contributed by atoms with Crippen molar-refractivity contribution in [3.8, 4) is 0 Å². The van der Waals surface area contributed by atoms with Gasteiger partial charge in [0.05, 0.1) is 11.8 Å². The SMILES string of the molecule is CCc1cn[nH]c1NC(=O)c1ccc(Cl)cc1N. The van der Waals surface area contributed by atoms with E-state index in [1.165, 1.54) is 0 Å². The Morgan fingerprint density at radius 1 is 1.56 bits per heavy atom. The molecule has 0 fully saturated rings. The van der Waals surface area contributed by atoms with Crippen LogP contribution in [0.3, 0.4) is 0 Å². The molecule has 2 rings (SSSR count). The van der Waals surface area contributed by atoms with Crippen LogP contribution in [0, 0.1) is 0 Å². The van der Waals surface area contributed by atoms with E-state index in [4.69, 9.17) is 17.3 Å². The Balaban J connectivity index is 2.22. The second-order valence-electron chi connectivity index (χ2n) is 3.81. The maximum Gasteiger partial charge on any atom is 0.258 e. The fraction of sp³-hybridized carbons (Fsp3) is 0.167. The molecule has 1 aromatic carbocycles. The molecule has 94 valence electrons. The topological polar surface area (TPSA) is 83.8 Å². The first-order valence-electron chi connectivity index (χ1n) is 5.50. The highest BCUT2D eigenvalue weighted by atomic mass is 35.5. The van der Waals surface area contributed by atoms with Crippen LogP contribution in [-0.4, -0.2) is 16.1 Å². The number of rotatable bonds is 3. The number of carbonyl (C=O) groups excluding carboxylic acids is 1. The molecule has 0 aliphatic rings. The van der Waals surface area contributed by atoms with Gasteiger partial charge in [-0.05, 0) is 24.6 Å². The van der Waals surface area contributed by atoms with Gasteiger partial charge in [0.1, 0.15) is 5.82 Å². The zero-order valence-electron chi connectivity index (χ0n) is 9.83. The molecular formula is C12H13ClN4O.